The molecule has 1 aliphatic rings. The van der Waals surface area contributed by atoms with E-state index in [4.69, 9.17) is 17.3 Å². The number of hydrogen-bond acceptors (Lipinski definition) is 2. The Labute approximate surface area is 110 Å². The molecular weight excluding hydrogens is 288 g/mol. The minimum atomic E-state index is 0.315. The third-order valence-electron chi connectivity index (χ3n) is 3.24. The highest BCUT2D eigenvalue weighted by Gasteiger charge is 2.25. The quantitative estimate of drug-likeness (QED) is 0.863. The Morgan fingerprint density at radius 3 is 2.94 bits per heavy atom. The Morgan fingerprint density at radius 2 is 2.25 bits per heavy atom. The van der Waals surface area contributed by atoms with Crippen LogP contribution >= 0.6 is 27.5 Å². The average molecular weight is 304 g/mol. The highest BCUT2D eigenvalue weighted by molar-refractivity contribution is 9.10. The Balaban J connectivity index is 2.24. The highest BCUT2D eigenvalue weighted by Crippen LogP contribution is 2.32. The zero-order valence-corrected chi connectivity index (χ0v) is 11.6. The van der Waals surface area contributed by atoms with Crippen LogP contribution in [0.5, 0.6) is 0 Å². The molecule has 1 saturated heterocycles. The highest BCUT2D eigenvalue weighted by atomic mass is 79.9. The van der Waals surface area contributed by atoms with E-state index in [1.807, 2.05) is 6.07 Å². The molecule has 0 aliphatic carbocycles. The lowest BCUT2D eigenvalue weighted by molar-refractivity contribution is 0.171. The summed E-state index contributed by atoms with van der Waals surface area (Å²) in [6.45, 7) is 1.06. The third-order valence-corrected chi connectivity index (χ3v) is 4.45. The molecule has 1 aliphatic heterocycles. The van der Waals surface area contributed by atoms with Gasteiger partial charge in [0.2, 0.25) is 0 Å². The molecule has 2 atom stereocenters. The molecule has 0 radical (unpaired) electrons. The molecule has 0 bridgehead atoms. The van der Waals surface area contributed by atoms with Crippen molar-refractivity contribution < 1.29 is 0 Å². The summed E-state index contributed by atoms with van der Waals surface area (Å²) in [4.78, 5) is 2.36. The van der Waals surface area contributed by atoms with Crippen molar-refractivity contribution in [1.82, 2.24) is 4.90 Å². The number of hydrogen-bond donors (Lipinski definition) is 1. The van der Waals surface area contributed by atoms with Gasteiger partial charge in [-0.25, -0.2) is 0 Å². The van der Waals surface area contributed by atoms with E-state index in [1.54, 1.807) is 0 Å². The van der Waals surface area contributed by atoms with Gasteiger partial charge in [-0.1, -0.05) is 17.7 Å². The largest absolute Gasteiger partial charge is 0.328 e. The number of piperidine rings is 1. The first kappa shape index (κ1) is 12.4. The Hall–Kier alpha value is -0.0900. The Bertz CT molecular complexity index is 383. The molecule has 0 aromatic heterocycles. The van der Waals surface area contributed by atoms with Crippen LogP contribution in [0, 0.1) is 0 Å². The van der Waals surface area contributed by atoms with E-state index in [0.717, 1.165) is 28.9 Å². The van der Waals surface area contributed by atoms with E-state index in [2.05, 4.69) is 40.0 Å². The first-order chi connectivity index (χ1) is 7.58. The number of nitrogens with zero attached hydrogens (tertiary/aromatic N) is 1. The topological polar surface area (TPSA) is 29.3 Å². The van der Waals surface area contributed by atoms with Gasteiger partial charge in [0.05, 0.1) is 5.02 Å². The van der Waals surface area contributed by atoms with E-state index in [1.165, 1.54) is 5.56 Å². The summed E-state index contributed by atoms with van der Waals surface area (Å²) in [6, 6.07) is 6.86. The first-order valence-electron chi connectivity index (χ1n) is 5.48. The normalized spacial score (nSPS) is 27.0. The van der Waals surface area contributed by atoms with Gasteiger partial charge >= 0.3 is 0 Å². The van der Waals surface area contributed by atoms with Gasteiger partial charge < -0.3 is 5.73 Å². The minimum absolute atomic E-state index is 0.315. The molecule has 1 aromatic rings. The molecule has 2 unspecified atom stereocenters. The molecular formula is C12H16BrClN2. The summed E-state index contributed by atoms with van der Waals surface area (Å²) >= 11 is 9.47. The molecule has 2 N–H and O–H groups in total. The molecule has 1 fully saturated rings. The summed E-state index contributed by atoms with van der Waals surface area (Å²) < 4.78 is 0.958. The molecule has 1 aromatic carbocycles. The number of rotatable bonds is 1. The van der Waals surface area contributed by atoms with Crippen molar-refractivity contribution in [3.05, 3.63) is 33.3 Å². The second-order valence-electron chi connectivity index (χ2n) is 4.45. The van der Waals surface area contributed by atoms with Crippen molar-refractivity contribution in [3.63, 3.8) is 0 Å². The van der Waals surface area contributed by atoms with Crippen LogP contribution in [-0.2, 0) is 0 Å². The maximum atomic E-state index is 6.03. The fourth-order valence-electron chi connectivity index (χ4n) is 2.22. The number of nitrogens with two attached hydrogens (primary N) is 1. The lowest BCUT2D eigenvalue weighted by Crippen LogP contribution is -2.39. The van der Waals surface area contributed by atoms with E-state index in [9.17, 15) is 0 Å². The maximum Gasteiger partial charge on any atom is 0.0548 e. The lowest BCUT2D eigenvalue weighted by Gasteiger charge is -2.36. The van der Waals surface area contributed by atoms with Gasteiger partial charge in [0.15, 0.2) is 0 Å². The van der Waals surface area contributed by atoms with Gasteiger partial charge in [0, 0.05) is 16.6 Å². The van der Waals surface area contributed by atoms with Crippen LogP contribution in [0.4, 0.5) is 0 Å². The number of halogens is 2. The van der Waals surface area contributed by atoms with Crippen molar-refractivity contribution in [1.29, 1.82) is 0 Å². The Morgan fingerprint density at radius 1 is 1.50 bits per heavy atom. The van der Waals surface area contributed by atoms with E-state index in [-0.39, 0.29) is 0 Å². The first-order valence-corrected chi connectivity index (χ1v) is 6.66. The van der Waals surface area contributed by atoms with Crippen LogP contribution in [0.2, 0.25) is 5.02 Å². The fraction of sp³-hybridized carbons (Fsp3) is 0.500. The monoisotopic (exact) mass is 302 g/mol. The van der Waals surface area contributed by atoms with Crippen LogP contribution in [0.15, 0.2) is 22.7 Å². The second-order valence-corrected chi connectivity index (χ2v) is 5.72. The van der Waals surface area contributed by atoms with Crippen LogP contribution < -0.4 is 5.73 Å². The van der Waals surface area contributed by atoms with Crippen molar-refractivity contribution in [3.8, 4) is 0 Å². The molecule has 0 spiro atoms. The van der Waals surface area contributed by atoms with Crippen LogP contribution in [0.1, 0.15) is 24.4 Å². The molecule has 2 nitrogen and oxygen atoms in total. The number of benzene rings is 1. The summed E-state index contributed by atoms with van der Waals surface area (Å²) in [6.07, 6.45) is 2.10. The summed E-state index contributed by atoms with van der Waals surface area (Å²) in [5.41, 5.74) is 7.31. The van der Waals surface area contributed by atoms with Gasteiger partial charge in [-0.05, 0) is 60.1 Å². The average Bonchev–Trinajstić information content (AvgIpc) is 2.26. The minimum Gasteiger partial charge on any atom is -0.328 e. The van der Waals surface area contributed by atoms with Crippen molar-refractivity contribution in [2.24, 2.45) is 5.73 Å². The molecule has 0 amide bonds. The van der Waals surface area contributed by atoms with Crippen LogP contribution in [-0.4, -0.2) is 24.5 Å². The molecule has 4 heteroatoms. The Kier molecular flexibility index (Phi) is 3.90. The van der Waals surface area contributed by atoms with E-state index in [0.29, 0.717) is 12.1 Å². The SMILES string of the molecule is CN1CCC(N)CC1c1ccc(Cl)c(Br)c1. The molecule has 16 heavy (non-hydrogen) atoms. The molecule has 1 heterocycles. The summed E-state index contributed by atoms with van der Waals surface area (Å²) in [5.74, 6) is 0. The predicted octanol–water partition coefficient (Wildman–Crippen LogP) is 3.20. The second kappa shape index (κ2) is 5.05. The fourth-order valence-corrected chi connectivity index (χ4v) is 2.73. The van der Waals surface area contributed by atoms with Gasteiger partial charge in [0.1, 0.15) is 0 Å². The van der Waals surface area contributed by atoms with Gasteiger partial charge in [-0.3, -0.25) is 4.90 Å². The van der Waals surface area contributed by atoms with E-state index < -0.39 is 0 Å². The predicted molar refractivity (Wildman–Crippen MR) is 71.7 cm³/mol. The van der Waals surface area contributed by atoms with Crippen molar-refractivity contribution >= 4 is 27.5 Å². The van der Waals surface area contributed by atoms with Crippen LogP contribution in [0.25, 0.3) is 0 Å². The lowest BCUT2D eigenvalue weighted by atomic mass is 9.93. The third kappa shape index (κ3) is 2.59. The molecule has 2 rings (SSSR count). The van der Waals surface area contributed by atoms with Gasteiger partial charge in [0.25, 0.3) is 0 Å². The zero-order valence-electron chi connectivity index (χ0n) is 9.29. The summed E-state index contributed by atoms with van der Waals surface area (Å²) in [5, 5.41) is 0.756. The van der Waals surface area contributed by atoms with Crippen molar-refractivity contribution in [2.45, 2.75) is 24.9 Å². The molecule has 0 saturated carbocycles. The number of likely N-dealkylation sites (tertiary alicyclic amines) is 1. The smallest absolute Gasteiger partial charge is 0.0548 e. The van der Waals surface area contributed by atoms with E-state index >= 15 is 0 Å². The maximum absolute atomic E-state index is 6.03. The van der Waals surface area contributed by atoms with Crippen LogP contribution in [0.3, 0.4) is 0 Å². The standard InChI is InChI=1S/C12H16BrClN2/c1-16-5-4-9(15)7-12(16)8-2-3-11(14)10(13)6-8/h2-3,6,9,12H,4-5,7,15H2,1H3. The summed E-state index contributed by atoms with van der Waals surface area (Å²) in [7, 11) is 2.15. The van der Waals surface area contributed by atoms with Gasteiger partial charge in [-0.2, -0.15) is 0 Å². The zero-order chi connectivity index (χ0) is 11.7. The molecule has 88 valence electrons. The van der Waals surface area contributed by atoms with Crippen molar-refractivity contribution in [2.75, 3.05) is 13.6 Å². The van der Waals surface area contributed by atoms with Gasteiger partial charge in [-0.15, -0.1) is 0 Å².